The second-order valence-corrected chi connectivity index (χ2v) is 10.2. The monoisotopic (exact) mass is 569 g/mol. The lowest BCUT2D eigenvalue weighted by Gasteiger charge is -2.28. The summed E-state index contributed by atoms with van der Waals surface area (Å²) in [5, 5.41) is 25.9. The number of aromatic hydroxyl groups is 1. The van der Waals surface area contributed by atoms with Crippen LogP contribution in [0.15, 0.2) is 71.7 Å². The molecule has 0 aliphatic carbocycles. The first-order chi connectivity index (χ1) is 20.4. The van der Waals surface area contributed by atoms with Gasteiger partial charge in [-0.2, -0.15) is 0 Å². The highest BCUT2D eigenvalue weighted by molar-refractivity contribution is 6.22. The number of carbonyl (C=O) groups is 2. The fourth-order valence-corrected chi connectivity index (χ4v) is 5.13. The van der Waals surface area contributed by atoms with E-state index in [0.717, 1.165) is 38.3 Å². The van der Waals surface area contributed by atoms with Crippen LogP contribution in [0.25, 0.3) is 10.9 Å². The number of aryl methyl sites for hydroxylation is 1. The Hall–Kier alpha value is -4.51. The van der Waals surface area contributed by atoms with Crippen LogP contribution in [-0.2, 0) is 4.84 Å². The number of aliphatic imine (C=N–C) groups is 1. The number of carbonyl (C=O) groups excluding carboxylic acids is 1. The van der Waals surface area contributed by atoms with Gasteiger partial charge in [-0.1, -0.05) is 30.3 Å². The lowest BCUT2D eigenvalue weighted by atomic mass is 9.98. The molecule has 5 rings (SSSR count). The Kier molecular flexibility index (Phi) is 8.97. The maximum atomic E-state index is 13.2. The fourth-order valence-electron chi connectivity index (χ4n) is 5.13. The SMILES string of the molecule is CCN(OCCN1CCNCC1)C(=O)c1ccc(N=C(c2ccccc2)c2c(O)[nH]c3cc(C(=O)O)c(C)cc23)cc1. The van der Waals surface area contributed by atoms with E-state index in [4.69, 9.17) is 9.83 Å². The smallest absolute Gasteiger partial charge is 0.336 e. The zero-order chi connectivity index (χ0) is 29.6. The van der Waals surface area contributed by atoms with E-state index in [-0.39, 0.29) is 17.4 Å². The van der Waals surface area contributed by atoms with E-state index >= 15 is 0 Å². The van der Waals surface area contributed by atoms with E-state index < -0.39 is 5.97 Å². The molecular weight excluding hydrogens is 534 g/mol. The molecular formula is C32H35N5O5. The number of hydrogen-bond acceptors (Lipinski definition) is 7. The van der Waals surface area contributed by atoms with Crippen molar-refractivity contribution in [2.24, 2.45) is 4.99 Å². The summed E-state index contributed by atoms with van der Waals surface area (Å²) in [6, 6.07) is 19.6. The van der Waals surface area contributed by atoms with Gasteiger partial charge in [0.2, 0.25) is 0 Å². The van der Waals surface area contributed by atoms with Gasteiger partial charge < -0.3 is 20.5 Å². The van der Waals surface area contributed by atoms with E-state index in [1.54, 1.807) is 37.3 Å². The van der Waals surface area contributed by atoms with Crippen molar-refractivity contribution < 1.29 is 24.6 Å². The number of rotatable bonds is 10. The third-order valence-electron chi connectivity index (χ3n) is 7.37. The largest absolute Gasteiger partial charge is 0.494 e. The van der Waals surface area contributed by atoms with Crippen molar-refractivity contribution in [2.45, 2.75) is 13.8 Å². The molecule has 10 heteroatoms. The number of fused-ring (bicyclic) bond motifs is 1. The standard InChI is InChI=1S/C32H35N5O5/c1-3-37(42-18-17-36-15-13-33-14-16-36)31(39)23-9-11-24(12-10-23)34-29(22-7-5-4-6-8-22)28-26-19-21(2)25(32(40)41)20-27(26)35-30(28)38/h4-12,19-20,33,35,38H,3,13-18H2,1-2H3,(H,40,41). The molecule has 42 heavy (non-hydrogen) atoms. The second-order valence-electron chi connectivity index (χ2n) is 10.2. The minimum Gasteiger partial charge on any atom is -0.494 e. The molecule has 10 nitrogen and oxygen atoms in total. The number of nitrogens with one attached hydrogen (secondary N) is 2. The molecule has 1 fully saturated rings. The van der Waals surface area contributed by atoms with Crippen molar-refractivity contribution in [3.05, 3.63) is 94.5 Å². The van der Waals surface area contributed by atoms with Gasteiger partial charge in [-0.05, 0) is 55.8 Å². The number of aromatic carboxylic acids is 1. The molecule has 1 amide bonds. The molecule has 0 saturated carbocycles. The molecule has 0 radical (unpaired) electrons. The van der Waals surface area contributed by atoms with Crippen LogP contribution >= 0.6 is 0 Å². The van der Waals surface area contributed by atoms with Gasteiger partial charge in [0.15, 0.2) is 5.88 Å². The number of H-pyrrole nitrogens is 1. The molecule has 218 valence electrons. The third-order valence-corrected chi connectivity index (χ3v) is 7.37. The molecule has 4 aromatic rings. The number of carboxylic acids is 1. The topological polar surface area (TPSA) is 130 Å². The minimum atomic E-state index is -1.04. The lowest BCUT2D eigenvalue weighted by molar-refractivity contribution is -0.124. The Morgan fingerprint density at radius 1 is 1.02 bits per heavy atom. The van der Waals surface area contributed by atoms with Crippen molar-refractivity contribution in [1.29, 1.82) is 0 Å². The first-order valence-electron chi connectivity index (χ1n) is 14.1. The third kappa shape index (κ3) is 6.36. The first kappa shape index (κ1) is 29.0. The molecule has 1 saturated heterocycles. The van der Waals surface area contributed by atoms with Gasteiger partial charge >= 0.3 is 5.97 Å². The maximum absolute atomic E-state index is 13.2. The average Bonchev–Trinajstić information content (AvgIpc) is 3.32. The molecule has 4 N–H and O–H groups in total. The Balaban J connectivity index is 1.42. The summed E-state index contributed by atoms with van der Waals surface area (Å²) < 4.78 is 0. The van der Waals surface area contributed by atoms with Gasteiger partial charge in [-0.3, -0.25) is 14.5 Å². The van der Waals surface area contributed by atoms with Crippen LogP contribution in [0.5, 0.6) is 5.88 Å². The van der Waals surface area contributed by atoms with Crippen molar-refractivity contribution in [3.8, 4) is 5.88 Å². The van der Waals surface area contributed by atoms with Crippen LogP contribution in [0.4, 0.5) is 5.69 Å². The van der Waals surface area contributed by atoms with Crippen LogP contribution in [0.2, 0.25) is 0 Å². The Morgan fingerprint density at radius 3 is 2.40 bits per heavy atom. The summed E-state index contributed by atoms with van der Waals surface area (Å²) in [6.07, 6.45) is 0. The van der Waals surface area contributed by atoms with Crippen molar-refractivity contribution >= 4 is 34.2 Å². The molecule has 0 unspecified atom stereocenters. The summed E-state index contributed by atoms with van der Waals surface area (Å²) in [5.74, 6) is -1.38. The molecule has 1 aliphatic heterocycles. The average molecular weight is 570 g/mol. The predicted molar refractivity (Wildman–Crippen MR) is 162 cm³/mol. The van der Waals surface area contributed by atoms with E-state index in [1.807, 2.05) is 37.3 Å². The second kappa shape index (κ2) is 13.0. The lowest BCUT2D eigenvalue weighted by Crippen LogP contribution is -2.45. The summed E-state index contributed by atoms with van der Waals surface area (Å²) in [4.78, 5) is 40.8. The summed E-state index contributed by atoms with van der Waals surface area (Å²) in [7, 11) is 0. The van der Waals surface area contributed by atoms with Gasteiger partial charge in [0.25, 0.3) is 5.91 Å². The highest BCUT2D eigenvalue weighted by atomic mass is 16.7. The number of aromatic amines is 1. The Morgan fingerprint density at radius 2 is 1.74 bits per heavy atom. The Bertz CT molecular complexity index is 1590. The predicted octanol–water partition coefficient (Wildman–Crippen LogP) is 4.35. The molecule has 0 bridgehead atoms. The summed E-state index contributed by atoms with van der Waals surface area (Å²) in [5.41, 5.74) is 4.02. The highest BCUT2D eigenvalue weighted by Crippen LogP contribution is 2.33. The van der Waals surface area contributed by atoms with Crippen molar-refractivity contribution in [3.63, 3.8) is 0 Å². The van der Waals surface area contributed by atoms with Crippen molar-refractivity contribution in [2.75, 3.05) is 45.9 Å². The van der Waals surface area contributed by atoms with Gasteiger partial charge in [0.05, 0.1) is 29.1 Å². The number of amides is 1. The van der Waals surface area contributed by atoms with Gasteiger partial charge in [-0.25, -0.2) is 14.9 Å². The van der Waals surface area contributed by atoms with Gasteiger partial charge in [0.1, 0.15) is 0 Å². The van der Waals surface area contributed by atoms with Crippen LogP contribution in [0.1, 0.15) is 44.3 Å². The van der Waals surface area contributed by atoms with E-state index in [0.29, 0.717) is 52.1 Å². The number of benzene rings is 3. The summed E-state index contributed by atoms with van der Waals surface area (Å²) >= 11 is 0. The number of piperazine rings is 1. The normalized spacial score (nSPS) is 14.3. The Labute approximate surface area is 244 Å². The van der Waals surface area contributed by atoms with Crippen LogP contribution in [-0.4, -0.2) is 88.6 Å². The summed E-state index contributed by atoms with van der Waals surface area (Å²) in [6.45, 7) is 9.07. The zero-order valence-corrected chi connectivity index (χ0v) is 23.8. The number of hydrogen-bond donors (Lipinski definition) is 4. The van der Waals surface area contributed by atoms with Crippen molar-refractivity contribution in [1.82, 2.24) is 20.3 Å². The van der Waals surface area contributed by atoms with E-state index in [9.17, 15) is 19.8 Å². The molecule has 0 spiro atoms. The minimum absolute atomic E-state index is 0.113. The molecule has 3 aromatic carbocycles. The van der Waals surface area contributed by atoms with Crippen LogP contribution < -0.4 is 5.32 Å². The molecule has 0 atom stereocenters. The van der Waals surface area contributed by atoms with Crippen LogP contribution in [0.3, 0.4) is 0 Å². The van der Waals surface area contributed by atoms with Gasteiger partial charge in [0, 0.05) is 61.3 Å². The highest BCUT2D eigenvalue weighted by Gasteiger charge is 2.21. The number of nitrogens with zero attached hydrogens (tertiary/aromatic N) is 3. The molecule has 1 aliphatic rings. The van der Waals surface area contributed by atoms with Gasteiger partial charge in [-0.15, -0.1) is 0 Å². The maximum Gasteiger partial charge on any atom is 0.336 e. The zero-order valence-electron chi connectivity index (χ0n) is 23.8. The number of carboxylic acid groups (broad SMARTS) is 1. The fraction of sp³-hybridized carbons (Fsp3) is 0.281. The van der Waals surface area contributed by atoms with E-state index in [2.05, 4.69) is 15.2 Å². The van der Waals surface area contributed by atoms with E-state index in [1.165, 1.54) is 11.1 Å². The number of aromatic nitrogens is 1. The quantitative estimate of drug-likeness (QED) is 0.165. The molecule has 2 heterocycles. The first-order valence-corrected chi connectivity index (χ1v) is 14.1. The number of hydroxylamine groups is 2. The molecule has 1 aromatic heterocycles. The van der Waals surface area contributed by atoms with Crippen LogP contribution in [0, 0.1) is 6.92 Å².